The van der Waals surface area contributed by atoms with Gasteiger partial charge in [-0.05, 0) is 19.9 Å². The van der Waals surface area contributed by atoms with Crippen molar-refractivity contribution in [3.63, 3.8) is 0 Å². The first-order valence-electron chi connectivity index (χ1n) is 4.99. The fourth-order valence-electron chi connectivity index (χ4n) is 1.28. The first-order chi connectivity index (χ1) is 7.15. The minimum atomic E-state index is 0.321. The molecule has 0 fully saturated rings. The topological polar surface area (TPSA) is 64.3 Å². The molecule has 0 aliphatic carbocycles. The number of hydrogen-bond donors (Lipinski definition) is 1. The van der Waals surface area contributed by atoms with E-state index in [0.717, 1.165) is 6.54 Å². The maximum Gasteiger partial charge on any atom is 0.227 e. The number of ether oxygens (including phenoxy) is 1. The van der Waals surface area contributed by atoms with Crippen LogP contribution < -0.4 is 10.6 Å². The van der Waals surface area contributed by atoms with Crippen molar-refractivity contribution in [2.75, 3.05) is 30.9 Å². The predicted molar refractivity (Wildman–Crippen MR) is 60.8 cm³/mol. The summed E-state index contributed by atoms with van der Waals surface area (Å²) < 4.78 is 5.05. The highest BCUT2D eigenvalue weighted by Gasteiger charge is 2.12. The lowest BCUT2D eigenvalue weighted by molar-refractivity contribution is 0.203. The molecule has 15 heavy (non-hydrogen) atoms. The number of anilines is 2. The van der Waals surface area contributed by atoms with Crippen LogP contribution in [0.4, 0.5) is 11.8 Å². The van der Waals surface area contributed by atoms with Crippen LogP contribution in [0, 0.1) is 0 Å². The molecule has 0 bridgehead atoms. The molecule has 0 atom stereocenters. The van der Waals surface area contributed by atoms with Gasteiger partial charge in [-0.1, -0.05) is 0 Å². The van der Waals surface area contributed by atoms with Crippen LogP contribution in [0.25, 0.3) is 0 Å². The lowest BCUT2D eigenvalue weighted by atomic mass is 10.3. The average Bonchev–Trinajstić information content (AvgIpc) is 2.18. The molecular weight excluding hydrogens is 192 g/mol. The second-order valence-electron chi connectivity index (χ2n) is 3.56. The van der Waals surface area contributed by atoms with Crippen LogP contribution in [0.2, 0.25) is 0 Å². The molecular formula is C10H18N4O. The van der Waals surface area contributed by atoms with Crippen LogP contribution in [0.3, 0.4) is 0 Å². The van der Waals surface area contributed by atoms with E-state index in [4.69, 9.17) is 10.5 Å². The summed E-state index contributed by atoms with van der Waals surface area (Å²) in [5, 5.41) is 0. The number of nitrogens with zero attached hydrogens (tertiary/aromatic N) is 3. The molecule has 0 spiro atoms. The molecule has 84 valence electrons. The predicted octanol–water partition coefficient (Wildman–Crippen LogP) is 0.920. The Kier molecular flexibility index (Phi) is 4.30. The Labute approximate surface area is 90.3 Å². The number of rotatable bonds is 5. The Morgan fingerprint density at radius 2 is 2.27 bits per heavy atom. The summed E-state index contributed by atoms with van der Waals surface area (Å²) >= 11 is 0. The molecule has 0 aliphatic rings. The Morgan fingerprint density at radius 1 is 1.53 bits per heavy atom. The molecule has 1 aromatic rings. The van der Waals surface area contributed by atoms with E-state index >= 15 is 0 Å². The smallest absolute Gasteiger partial charge is 0.227 e. The van der Waals surface area contributed by atoms with E-state index in [1.54, 1.807) is 19.4 Å². The van der Waals surface area contributed by atoms with Gasteiger partial charge in [0.05, 0.1) is 6.61 Å². The van der Waals surface area contributed by atoms with Crippen molar-refractivity contribution in [3.8, 4) is 0 Å². The van der Waals surface area contributed by atoms with Crippen LogP contribution in [0.1, 0.15) is 13.8 Å². The number of hydrogen-bond acceptors (Lipinski definition) is 5. The standard InChI is InChI=1S/C10H18N4O/c1-8(2)14(6-7-15-3)10-12-5-4-9(11)13-10/h4-5,8H,6-7H2,1-3H3,(H2,11,12,13). The van der Waals surface area contributed by atoms with E-state index in [1.165, 1.54) is 0 Å². The van der Waals surface area contributed by atoms with Crippen molar-refractivity contribution < 1.29 is 4.74 Å². The van der Waals surface area contributed by atoms with Gasteiger partial charge in [0.15, 0.2) is 0 Å². The summed E-state index contributed by atoms with van der Waals surface area (Å²) in [7, 11) is 1.68. The molecule has 0 unspecified atom stereocenters. The molecule has 0 amide bonds. The molecule has 2 N–H and O–H groups in total. The van der Waals surface area contributed by atoms with Crippen molar-refractivity contribution in [1.29, 1.82) is 0 Å². The highest BCUT2D eigenvalue weighted by atomic mass is 16.5. The first kappa shape index (κ1) is 11.7. The van der Waals surface area contributed by atoms with Gasteiger partial charge in [-0.15, -0.1) is 0 Å². The van der Waals surface area contributed by atoms with Crippen molar-refractivity contribution in [2.45, 2.75) is 19.9 Å². The van der Waals surface area contributed by atoms with Crippen molar-refractivity contribution >= 4 is 11.8 Å². The molecule has 1 heterocycles. The number of methoxy groups -OCH3 is 1. The summed E-state index contributed by atoms with van der Waals surface area (Å²) in [6, 6.07) is 2.00. The fourth-order valence-corrected chi connectivity index (χ4v) is 1.28. The van der Waals surface area contributed by atoms with Crippen LogP contribution in [-0.4, -0.2) is 36.3 Å². The minimum absolute atomic E-state index is 0.321. The Morgan fingerprint density at radius 3 is 2.80 bits per heavy atom. The van der Waals surface area contributed by atoms with E-state index in [9.17, 15) is 0 Å². The second-order valence-corrected chi connectivity index (χ2v) is 3.56. The summed E-state index contributed by atoms with van der Waals surface area (Å²) in [4.78, 5) is 10.4. The highest BCUT2D eigenvalue weighted by Crippen LogP contribution is 2.11. The normalized spacial score (nSPS) is 10.7. The zero-order chi connectivity index (χ0) is 11.3. The zero-order valence-electron chi connectivity index (χ0n) is 9.47. The maximum absolute atomic E-state index is 5.62. The van der Waals surface area contributed by atoms with Gasteiger partial charge in [-0.2, -0.15) is 4.98 Å². The van der Waals surface area contributed by atoms with Gasteiger partial charge in [0.1, 0.15) is 5.82 Å². The van der Waals surface area contributed by atoms with Crippen LogP contribution in [0.15, 0.2) is 12.3 Å². The lowest BCUT2D eigenvalue weighted by Gasteiger charge is -2.26. The third-order valence-corrected chi connectivity index (χ3v) is 2.08. The summed E-state index contributed by atoms with van der Waals surface area (Å²) in [6.07, 6.45) is 1.67. The van der Waals surface area contributed by atoms with Gasteiger partial charge in [-0.3, -0.25) is 0 Å². The third kappa shape index (κ3) is 3.36. The number of nitrogens with two attached hydrogens (primary N) is 1. The van der Waals surface area contributed by atoms with Gasteiger partial charge in [-0.25, -0.2) is 4.98 Å². The lowest BCUT2D eigenvalue weighted by Crippen LogP contribution is -2.35. The fraction of sp³-hybridized carbons (Fsp3) is 0.600. The number of aromatic nitrogens is 2. The Bertz CT molecular complexity index is 303. The molecule has 0 radical (unpaired) electrons. The zero-order valence-corrected chi connectivity index (χ0v) is 9.47. The largest absolute Gasteiger partial charge is 0.384 e. The molecule has 0 saturated heterocycles. The molecule has 5 heteroatoms. The van der Waals surface area contributed by atoms with Crippen molar-refractivity contribution in [2.24, 2.45) is 0 Å². The molecule has 5 nitrogen and oxygen atoms in total. The molecule has 0 aliphatic heterocycles. The molecule has 0 saturated carbocycles. The minimum Gasteiger partial charge on any atom is -0.384 e. The van der Waals surface area contributed by atoms with Gasteiger partial charge >= 0.3 is 0 Å². The molecule has 1 rings (SSSR count). The second kappa shape index (κ2) is 5.50. The summed E-state index contributed by atoms with van der Waals surface area (Å²) in [5.74, 6) is 1.14. The maximum atomic E-state index is 5.62. The summed E-state index contributed by atoms with van der Waals surface area (Å²) in [5.41, 5.74) is 5.62. The van der Waals surface area contributed by atoms with E-state index in [-0.39, 0.29) is 0 Å². The molecule has 1 aromatic heterocycles. The van der Waals surface area contributed by atoms with Crippen LogP contribution in [-0.2, 0) is 4.74 Å². The van der Waals surface area contributed by atoms with E-state index < -0.39 is 0 Å². The van der Waals surface area contributed by atoms with Gasteiger partial charge in [0, 0.05) is 25.9 Å². The van der Waals surface area contributed by atoms with Crippen LogP contribution in [0.5, 0.6) is 0 Å². The monoisotopic (exact) mass is 210 g/mol. The van der Waals surface area contributed by atoms with E-state index in [0.29, 0.717) is 24.4 Å². The first-order valence-corrected chi connectivity index (χ1v) is 4.99. The van der Waals surface area contributed by atoms with Gasteiger partial charge in [0.2, 0.25) is 5.95 Å². The summed E-state index contributed by atoms with van der Waals surface area (Å²) in [6.45, 7) is 5.58. The Hall–Kier alpha value is -1.36. The Balaban J connectivity index is 2.79. The van der Waals surface area contributed by atoms with E-state index in [1.807, 2.05) is 0 Å². The molecule has 0 aromatic carbocycles. The van der Waals surface area contributed by atoms with E-state index in [2.05, 4.69) is 28.7 Å². The van der Waals surface area contributed by atoms with Crippen LogP contribution >= 0.6 is 0 Å². The SMILES string of the molecule is COCCN(c1nccc(N)n1)C(C)C. The third-order valence-electron chi connectivity index (χ3n) is 2.08. The van der Waals surface area contributed by atoms with Crippen molar-refractivity contribution in [3.05, 3.63) is 12.3 Å². The highest BCUT2D eigenvalue weighted by molar-refractivity contribution is 5.38. The quantitative estimate of drug-likeness (QED) is 0.783. The van der Waals surface area contributed by atoms with Gasteiger partial charge in [0.25, 0.3) is 0 Å². The van der Waals surface area contributed by atoms with Crippen molar-refractivity contribution in [1.82, 2.24) is 9.97 Å². The average molecular weight is 210 g/mol. The number of nitrogen functional groups attached to an aromatic ring is 1. The van der Waals surface area contributed by atoms with Gasteiger partial charge < -0.3 is 15.4 Å².